The topological polar surface area (TPSA) is 41.0 Å². The molecule has 0 aliphatic heterocycles. The summed E-state index contributed by atoms with van der Waals surface area (Å²) < 4.78 is 0. The zero-order chi connectivity index (χ0) is 20.3. The molecule has 4 nitrogen and oxygen atoms in total. The fourth-order valence-corrected chi connectivity index (χ4v) is 6.48. The maximum Gasteiger partial charge on any atom is 0.138 e. The molecule has 30 heavy (non-hydrogen) atoms. The van der Waals surface area contributed by atoms with Gasteiger partial charge in [0, 0.05) is 17.0 Å². The zero-order valence-corrected chi connectivity index (χ0v) is 18.8. The van der Waals surface area contributed by atoms with Gasteiger partial charge in [-0.3, -0.25) is 0 Å². The van der Waals surface area contributed by atoms with Gasteiger partial charge in [-0.2, -0.15) is 0 Å². The zero-order valence-electron chi connectivity index (χ0n) is 17.9. The van der Waals surface area contributed by atoms with E-state index in [1.54, 1.807) is 6.33 Å². The van der Waals surface area contributed by atoms with Crippen molar-refractivity contribution < 1.29 is 0 Å². The molecule has 0 bridgehead atoms. The van der Waals surface area contributed by atoms with Crippen LogP contribution in [-0.2, 0) is 19.3 Å². The van der Waals surface area contributed by atoms with Crippen LogP contribution >= 0.6 is 11.3 Å². The highest BCUT2D eigenvalue weighted by atomic mass is 32.1. The quantitative estimate of drug-likeness (QED) is 0.550. The van der Waals surface area contributed by atoms with Gasteiger partial charge in [-0.25, -0.2) is 9.97 Å². The maximum absolute atomic E-state index is 4.65. The van der Waals surface area contributed by atoms with Gasteiger partial charge in [0.15, 0.2) is 0 Å². The van der Waals surface area contributed by atoms with Crippen LogP contribution < -0.4 is 5.32 Å². The molecule has 0 spiro atoms. The Morgan fingerprint density at radius 3 is 2.73 bits per heavy atom. The van der Waals surface area contributed by atoms with Crippen molar-refractivity contribution in [3.05, 3.63) is 52.7 Å². The Bertz CT molecular complexity index is 975. The first-order chi connectivity index (χ1) is 14.8. The average molecular weight is 421 g/mol. The summed E-state index contributed by atoms with van der Waals surface area (Å²) in [6.45, 7) is 1.19. The number of hydrogen-bond acceptors (Lipinski definition) is 5. The number of benzene rings is 1. The van der Waals surface area contributed by atoms with Gasteiger partial charge in [-0.1, -0.05) is 30.3 Å². The lowest BCUT2D eigenvalue weighted by molar-refractivity contribution is 0.185. The van der Waals surface area contributed by atoms with Crippen LogP contribution in [0.3, 0.4) is 0 Å². The molecule has 5 heteroatoms. The normalized spacial score (nSPS) is 21.3. The SMILES string of the molecule is CN(CCCc1ccccc1)[C@H]1CC[C@H](Nc2ncnc3sc4c(c23)CCC4)CC1. The first kappa shape index (κ1) is 20.0. The van der Waals surface area contributed by atoms with Crippen LogP contribution in [0.5, 0.6) is 0 Å². The van der Waals surface area contributed by atoms with Gasteiger partial charge in [-0.05, 0) is 82.5 Å². The number of nitrogens with zero attached hydrogens (tertiary/aromatic N) is 3. The summed E-state index contributed by atoms with van der Waals surface area (Å²) in [5, 5.41) is 5.12. The van der Waals surface area contributed by atoms with Gasteiger partial charge in [0.05, 0.1) is 5.39 Å². The Hall–Kier alpha value is -1.98. The summed E-state index contributed by atoms with van der Waals surface area (Å²) >= 11 is 1.88. The van der Waals surface area contributed by atoms with Crippen molar-refractivity contribution in [2.24, 2.45) is 0 Å². The van der Waals surface area contributed by atoms with Gasteiger partial charge in [0.25, 0.3) is 0 Å². The number of hydrogen-bond donors (Lipinski definition) is 1. The van der Waals surface area contributed by atoms with E-state index in [4.69, 9.17) is 0 Å². The van der Waals surface area contributed by atoms with E-state index in [1.165, 1.54) is 90.6 Å². The molecule has 5 rings (SSSR count). The number of fused-ring (bicyclic) bond motifs is 3. The average Bonchev–Trinajstić information content (AvgIpc) is 3.36. The molecule has 3 aromatic rings. The molecule has 158 valence electrons. The first-order valence-corrected chi connectivity index (χ1v) is 12.4. The highest BCUT2D eigenvalue weighted by Gasteiger charge is 2.26. The van der Waals surface area contributed by atoms with Crippen molar-refractivity contribution in [3.8, 4) is 0 Å². The third kappa shape index (κ3) is 4.23. The Labute approximate surface area is 183 Å². The fourth-order valence-electron chi connectivity index (χ4n) is 5.25. The molecule has 2 heterocycles. The molecule has 0 amide bonds. The lowest BCUT2D eigenvalue weighted by atomic mass is 9.90. The summed E-state index contributed by atoms with van der Waals surface area (Å²) in [5.74, 6) is 1.08. The number of rotatable bonds is 7. The molecule has 2 aliphatic carbocycles. The van der Waals surface area contributed by atoms with Gasteiger partial charge >= 0.3 is 0 Å². The van der Waals surface area contributed by atoms with Gasteiger partial charge in [-0.15, -0.1) is 11.3 Å². The van der Waals surface area contributed by atoms with E-state index in [1.807, 2.05) is 11.3 Å². The van der Waals surface area contributed by atoms with Crippen LogP contribution in [0.4, 0.5) is 5.82 Å². The lowest BCUT2D eigenvalue weighted by Crippen LogP contribution is -2.39. The van der Waals surface area contributed by atoms with E-state index >= 15 is 0 Å². The summed E-state index contributed by atoms with van der Waals surface area (Å²) in [6, 6.07) is 12.1. The summed E-state index contributed by atoms with van der Waals surface area (Å²) in [6.07, 6.45) is 12.9. The molecule has 1 N–H and O–H groups in total. The number of aryl methyl sites for hydroxylation is 3. The van der Waals surface area contributed by atoms with E-state index in [0.29, 0.717) is 6.04 Å². The smallest absolute Gasteiger partial charge is 0.138 e. The standard InChI is InChI=1S/C25H32N4S/c1-29(16-6-9-18-7-3-2-4-8-18)20-14-12-19(13-15-20)28-24-23-21-10-5-11-22(21)30-25(23)27-17-26-24/h2-4,7-8,17,19-20H,5-6,9-16H2,1H3,(H,26,27,28)/t19-,20-. The molecular weight excluding hydrogens is 388 g/mol. The lowest BCUT2D eigenvalue weighted by Gasteiger charge is -2.35. The Kier molecular flexibility index (Phi) is 6.00. The number of nitrogens with one attached hydrogen (secondary N) is 1. The molecule has 0 saturated heterocycles. The fraction of sp³-hybridized carbons (Fsp3) is 0.520. The highest BCUT2D eigenvalue weighted by Crippen LogP contribution is 2.39. The summed E-state index contributed by atoms with van der Waals surface area (Å²) in [7, 11) is 2.31. The van der Waals surface area contributed by atoms with Crippen molar-refractivity contribution in [1.82, 2.24) is 14.9 Å². The second-order valence-corrected chi connectivity index (χ2v) is 10.1. The van der Waals surface area contributed by atoms with Crippen LogP contribution in [0.2, 0.25) is 0 Å². The Balaban J connectivity index is 1.14. The van der Waals surface area contributed by atoms with E-state index in [2.05, 4.69) is 57.6 Å². The second-order valence-electron chi connectivity index (χ2n) is 8.98. The van der Waals surface area contributed by atoms with Crippen molar-refractivity contribution in [2.75, 3.05) is 18.9 Å². The third-order valence-electron chi connectivity index (χ3n) is 6.98. The van der Waals surface area contributed by atoms with E-state index < -0.39 is 0 Å². The Morgan fingerprint density at radius 1 is 1.07 bits per heavy atom. The molecule has 1 aromatic carbocycles. The largest absolute Gasteiger partial charge is 0.367 e. The second kappa shape index (κ2) is 9.03. The van der Waals surface area contributed by atoms with Crippen molar-refractivity contribution >= 4 is 27.4 Å². The van der Waals surface area contributed by atoms with Crippen LogP contribution in [0, 0.1) is 0 Å². The summed E-state index contributed by atoms with van der Waals surface area (Å²) in [5.41, 5.74) is 2.97. The van der Waals surface area contributed by atoms with Crippen LogP contribution in [0.15, 0.2) is 36.7 Å². The summed E-state index contributed by atoms with van der Waals surface area (Å²) in [4.78, 5) is 14.5. The van der Waals surface area contributed by atoms with Gasteiger partial charge in [0.2, 0.25) is 0 Å². The number of thiophene rings is 1. The minimum absolute atomic E-state index is 0.536. The van der Waals surface area contributed by atoms with Crippen molar-refractivity contribution in [2.45, 2.75) is 69.9 Å². The van der Waals surface area contributed by atoms with Crippen LogP contribution in [0.25, 0.3) is 10.2 Å². The van der Waals surface area contributed by atoms with Gasteiger partial charge in [0.1, 0.15) is 17.0 Å². The van der Waals surface area contributed by atoms with E-state index in [9.17, 15) is 0 Å². The first-order valence-electron chi connectivity index (χ1n) is 11.5. The van der Waals surface area contributed by atoms with Crippen LogP contribution in [0.1, 0.15) is 54.5 Å². The minimum Gasteiger partial charge on any atom is -0.367 e. The van der Waals surface area contributed by atoms with Crippen LogP contribution in [-0.4, -0.2) is 40.5 Å². The minimum atomic E-state index is 0.536. The molecule has 2 aliphatic rings. The van der Waals surface area contributed by atoms with Gasteiger partial charge < -0.3 is 10.2 Å². The van der Waals surface area contributed by atoms with E-state index in [-0.39, 0.29) is 0 Å². The molecule has 1 fully saturated rings. The predicted molar refractivity (Wildman–Crippen MR) is 126 cm³/mol. The molecule has 2 aromatic heterocycles. The highest BCUT2D eigenvalue weighted by molar-refractivity contribution is 7.19. The maximum atomic E-state index is 4.65. The third-order valence-corrected chi connectivity index (χ3v) is 8.18. The van der Waals surface area contributed by atoms with Crippen molar-refractivity contribution in [3.63, 3.8) is 0 Å². The molecular formula is C25H32N4S. The molecule has 0 radical (unpaired) electrons. The number of anilines is 1. The molecule has 1 saturated carbocycles. The number of aromatic nitrogens is 2. The van der Waals surface area contributed by atoms with Crippen molar-refractivity contribution in [1.29, 1.82) is 0 Å². The molecule has 0 atom stereocenters. The predicted octanol–water partition coefficient (Wildman–Crippen LogP) is 5.47. The molecule has 0 unspecified atom stereocenters. The Morgan fingerprint density at radius 2 is 1.90 bits per heavy atom. The van der Waals surface area contributed by atoms with E-state index in [0.717, 1.165) is 11.9 Å². The monoisotopic (exact) mass is 420 g/mol.